The van der Waals surface area contributed by atoms with Gasteiger partial charge in [0.15, 0.2) is 0 Å². The fraction of sp³-hybridized carbons (Fsp3) is 0.800. The molecule has 0 unspecified atom stereocenters. The predicted octanol–water partition coefficient (Wildman–Crippen LogP) is 0.0687. The van der Waals surface area contributed by atoms with Gasteiger partial charge in [-0.3, -0.25) is 4.57 Å². The van der Waals surface area contributed by atoms with E-state index in [4.69, 9.17) is 0 Å². The highest BCUT2D eigenvalue weighted by Gasteiger charge is 2.22. The maximum absolute atomic E-state index is 11.7. The quantitative estimate of drug-likeness (QED) is 0.751. The molecule has 15 heavy (non-hydrogen) atoms. The Morgan fingerprint density at radius 3 is 2.73 bits per heavy atom. The minimum Gasteiger partial charge on any atom is -0.317 e. The van der Waals surface area contributed by atoms with Gasteiger partial charge in [0.1, 0.15) is 5.82 Å². The van der Waals surface area contributed by atoms with Gasteiger partial charge in [0.05, 0.1) is 0 Å². The molecule has 0 atom stereocenters. The predicted molar refractivity (Wildman–Crippen MR) is 58.0 cm³/mol. The summed E-state index contributed by atoms with van der Waals surface area (Å²) in [4.78, 5) is 11.7. The van der Waals surface area contributed by atoms with Crippen LogP contribution in [0.3, 0.4) is 0 Å². The maximum Gasteiger partial charge on any atom is 0.345 e. The molecule has 0 aromatic carbocycles. The molecule has 0 bridgehead atoms. The van der Waals surface area contributed by atoms with Crippen LogP contribution in [0, 0.1) is 0 Å². The van der Waals surface area contributed by atoms with Crippen molar-refractivity contribution in [2.75, 3.05) is 13.1 Å². The van der Waals surface area contributed by atoms with Crippen LogP contribution in [0.1, 0.15) is 31.5 Å². The number of aromatic nitrogens is 3. The second-order valence-corrected chi connectivity index (χ2v) is 4.03. The fourth-order valence-corrected chi connectivity index (χ4v) is 2.20. The molecular formula is C10H18N4O. The summed E-state index contributed by atoms with van der Waals surface area (Å²) in [5, 5.41) is 7.67. The van der Waals surface area contributed by atoms with Crippen molar-refractivity contribution >= 4 is 0 Å². The van der Waals surface area contributed by atoms with Crippen LogP contribution in [-0.2, 0) is 13.6 Å². The standard InChI is InChI=1S/C10H18N4O/c1-3-14-9(12-13(2)10(14)15)8-4-6-11-7-5-8/h8,11H,3-7H2,1-2H3. The second-order valence-electron chi connectivity index (χ2n) is 4.03. The first-order valence-electron chi connectivity index (χ1n) is 5.58. The second kappa shape index (κ2) is 4.18. The highest BCUT2D eigenvalue weighted by Crippen LogP contribution is 2.22. The van der Waals surface area contributed by atoms with E-state index in [1.54, 1.807) is 11.6 Å². The van der Waals surface area contributed by atoms with E-state index in [1.807, 2.05) is 6.92 Å². The molecule has 5 heteroatoms. The minimum absolute atomic E-state index is 0.00559. The van der Waals surface area contributed by atoms with Crippen molar-refractivity contribution in [3.8, 4) is 0 Å². The third kappa shape index (κ3) is 1.84. The zero-order chi connectivity index (χ0) is 10.8. The van der Waals surface area contributed by atoms with Crippen molar-refractivity contribution in [3.63, 3.8) is 0 Å². The molecule has 2 heterocycles. The molecule has 1 aliphatic heterocycles. The lowest BCUT2D eigenvalue weighted by atomic mass is 9.97. The van der Waals surface area contributed by atoms with Crippen LogP contribution < -0.4 is 11.0 Å². The molecule has 1 saturated heterocycles. The number of piperidine rings is 1. The molecule has 1 fully saturated rings. The van der Waals surface area contributed by atoms with Crippen LogP contribution in [0.2, 0.25) is 0 Å². The normalized spacial score (nSPS) is 18.3. The summed E-state index contributed by atoms with van der Waals surface area (Å²) in [6.07, 6.45) is 2.16. The zero-order valence-electron chi connectivity index (χ0n) is 9.36. The summed E-state index contributed by atoms with van der Waals surface area (Å²) < 4.78 is 3.23. The van der Waals surface area contributed by atoms with E-state index in [0.29, 0.717) is 12.5 Å². The van der Waals surface area contributed by atoms with Crippen molar-refractivity contribution in [1.82, 2.24) is 19.7 Å². The van der Waals surface area contributed by atoms with Gasteiger partial charge < -0.3 is 5.32 Å². The average Bonchev–Trinajstić information content (AvgIpc) is 2.56. The molecule has 0 amide bonds. The fourth-order valence-electron chi connectivity index (χ4n) is 2.20. The van der Waals surface area contributed by atoms with Crippen molar-refractivity contribution in [1.29, 1.82) is 0 Å². The molecule has 1 aliphatic rings. The Kier molecular flexibility index (Phi) is 2.90. The molecule has 0 radical (unpaired) electrons. The Morgan fingerprint density at radius 2 is 2.13 bits per heavy atom. The summed E-state index contributed by atoms with van der Waals surface area (Å²) in [7, 11) is 1.72. The molecule has 1 N–H and O–H groups in total. The highest BCUT2D eigenvalue weighted by molar-refractivity contribution is 4.99. The number of hydrogen-bond donors (Lipinski definition) is 1. The first kappa shape index (κ1) is 10.4. The maximum atomic E-state index is 11.7. The lowest BCUT2D eigenvalue weighted by Gasteiger charge is -2.21. The summed E-state index contributed by atoms with van der Waals surface area (Å²) in [6, 6.07) is 0. The van der Waals surface area contributed by atoms with Gasteiger partial charge >= 0.3 is 5.69 Å². The van der Waals surface area contributed by atoms with E-state index in [-0.39, 0.29) is 5.69 Å². The largest absolute Gasteiger partial charge is 0.345 e. The molecule has 84 valence electrons. The number of hydrogen-bond acceptors (Lipinski definition) is 3. The van der Waals surface area contributed by atoms with E-state index in [0.717, 1.165) is 31.8 Å². The highest BCUT2D eigenvalue weighted by atomic mass is 16.2. The third-order valence-corrected chi connectivity index (χ3v) is 3.06. The summed E-state index contributed by atoms with van der Waals surface area (Å²) in [5.41, 5.74) is 0.00559. The minimum atomic E-state index is 0.00559. The Balaban J connectivity index is 2.33. The third-order valence-electron chi connectivity index (χ3n) is 3.06. The smallest absolute Gasteiger partial charge is 0.317 e. The lowest BCUT2D eigenvalue weighted by Crippen LogP contribution is -2.29. The van der Waals surface area contributed by atoms with Crippen LogP contribution >= 0.6 is 0 Å². The van der Waals surface area contributed by atoms with Crippen molar-refractivity contribution in [3.05, 3.63) is 16.3 Å². The van der Waals surface area contributed by atoms with E-state index >= 15 is 0 Å². The van der Waals surface area contributed by atoms with E-state index in [1.165, 1.54) is 4.68 Å². The molecule has 0 saturated carbocycles. The van der Waals surface area contributed by atoms with Gasteiger partial charge in [-0.1, -0.05) is 0 Å². The van der Waals surface area contributed by atoms with E-state index in [9.17, 15) is 4.79 Å². The lowest BCUT2D eigenvalue weighted by molar-refractivity contribution is 0.429. The Bertz CT molecular complexity index is 387. The van der Waals surface area contributed by atoms with E-state index < -0.39 is 0 Å². The molecule has 1 aromatic heterocycles. The Morgan fingerprint density at radius 1 is 1.47 bits per heavy atom. The number of aryl methyl sites for hydroxylation is 1. The van der Waals surface area contributed by atoms with E-state index in [2.05, 4.69) is 10.4 Å². The van der Waals surface area contributed by atoms with Crippen LogP contribution in [-0.4, -0.2) is 27.4 Å². The Labute approximate surface area is 89.1 Å². The first-order chi connectivity index (χ1) is 7.24. The summed E-state index contributed by atoms with van der Waals surface area (Å²) in [5.74, 6) is 1.41. The summed E-state index contributed by atoms with van der Waals surface area (Å²) >= 11 is 0. The molecular weight excluding hydrogens is 192 g/mol. The van der Waals surface area contributed by atoms with Crippen molar-refractivity contribution in [2.24, 2.45) is 7.05 Å². The van der Waals surface area contributed by atoms with Gasteiger partial charge in [0.2, 0.25) is 0 Å². The molecule has 1 aromatic rings. The van der Waals surface area contributed by atoms with Gasteiger partial charge in [0, 0.05) is 19.5 Å². The first-order valence-corrected chi connectivity index (χ1v) is 5.58. The van der Waals surface area contributed by atoms with Crippen LogP contribution in [0.4, 0.5) is 0 Å². The van der Waals surface area contributed by atoms with Crippen LogP contribution in [0.25, 0.3) is 0 Å². The van der Waals surface area contributed by atoms with Crippen molar-refractivity contribution < 1.29 is 0 Å². The molecule has 0 aliphatic carbocycles. The van der Waals surface area contributed by atoms with Gasteiger partial charge in [-0.25, -0.2) is 9.48 Å². The number of nitrogens with one attached hydrogen (secondary N) is 1. The van der Waals surface area contributed by atoms with Crippen LogP contribution in [0.5, 0.6) is 0 Å². The summed E-state index contributed by atoms with van der Waals surface area (Å²) in [6.45, 7) is 4.76. The van der Waals surface area contributed by atoms with Crippen LogP contribution in [0.15, 0.2) is 4.79 Å². The van der Waals surface area contributed by atoms with Gasteiger partial charge in [-0.2, -0.15) is 5.10 Å². The van der Waals surface area contributed by atoms with Gasteiger partial charge in [-0.15, -0.1) is 0 Å². The zero-order valence-corrected chi connectivity index (χ0v) is 9.36. The van der Waals surface area contributed by atoms with Gasteiger partial charge in [0.25, 0.3) is 0 Å². The SMILES string of the molecule is CCn1c(C2CCNCC2)nn(C)c1=O. The average molecular weight is 210 g/mol. The molecule has 2 rings (SSSR count). The van der Waals surface area contributed by atoms with Crippen molar-refractivity contribution in [2.45, 2.75) is 32.2 Å². The number of nitrogens with zero attached hydrogens (tertiary/aromatic N) is 3. The molecule has 0 spiro atoms. The molecule has 5 nitrogen and oxygen atoms in total. The number of rotatable bonds is 2. The topological polar surface area (TPSA) is 51.9 Å². The monoisotopic (exact) mass is 210 g/mol. The van der Waals surface area contributed by atoms with Gasteiger partial charge in [-0.05, 0) is 32.9 Å². The Hall–Kier alpha value is -1.10.